The molecule has 2 aliphatic heterocycles. The van der Waals surface area contributed by atoms with Crippen molar-refractivity contribution in [3.63, 3.8) is 0 Å². The summed E-state index contributed by atoms with van der Waals surface area (Å²) in [6.07, 6.45) is -0.441. The van der Waals surface area contributed by atoms with E-state index in [1.54, 1.807) is 58.2 Å². The lowest BCUT2D eigenvalue weighted by Gasteiger charge is -2.54. The van der Waals surface area contributed by atoms with E-state index >= 15 is 0 Å². The van der Waals surface area contributed by atoms with E-state index in [1.165, 1.54) is 0 Å². The molecule has 2 aliphatic rings. The predicted molar refractivity (Wildman–Crippen MR) is 148 cm³/mol. The molecule has 2 saturated heterocycles. The Morgan fingerprint density at radius 3 is 2.30 bits per heavy atom. The number of fused-ring (bicyclic) bond motifs is 1. The fourth-order valence-corrected chi connectivity index (χ4v) is 5.31. The van der Waals surface area contributed by atoms with Crippen LogP contribution in [0.1, 0.15) is 16.7 Å². The summed E-state index contributed by atoms with van der Waals surface area (Å²) in [5.74, 6) is 0.420. The van der Waals surface area contributed by atoms with Gasteiger partial charge in [-0.1, -0.05) is 54.6 Å². The molecular weight excluding hydrogens is 510 g/mol. The van der Waals surface area contributed by atoms with Gasteiger partial charge < -0.3 is 25.0 Å². The van der Waals surface area contributed by atoms with E-state index in [1.807, 2.05) is 54.6 Å². The lowest BCUT2D eigenvalue weighted by atomic mass is 9.98. The maximum Gasteiger partial charge on any atom is 0.334 e. The summed E-state index contributed by atoms with van der Waals surface area (Å²) in [6, 6.07) is 22.5. The number of hydrogen-bond acceptors (Lipinski definition) is 6. The molecule has 208 valence electrons. The third kappa shape index (κ3) is 5.72. The van der Waals surface area contributed by atoms with Crippen LogP contribution in [-0.4, -0.2) is 82.2 Å². The average molecular weight is 544 g/mol. The Bertz CT molecular complexity index is 1350. The molecule has 1 unspecified atom stereocenters. The number of amides is 4. The van der Waals surface area contributed by atoms with E-state index in [-0.39, 0.29) is 43.1 Å². The first-order chi connectivity index (χ1) is 19.3. The number of nitrogens with one attached hydrogen (secondary N) is 1. The van der Waals surface area contributed by atoms with Gasteiger partial charge in [-0.25, -0.2) is 14.8 Å². The number of carbonyl (C=O) groups excluding carboxylic acids is 3. The largest absolute Gasteiger partial charge is 0.508 e. The number of likely N-dealkylation sites (N-methyl/N-ethyl adjacent to an activating group) is 1. The number of carbonyl (C=O) groups is 3. The zero-order valence-corrected chi connectivity index (χ0v) is 22.6. The van der Waals surface area contributed by atoms with Crippen molar-refractivity contribution >= 4 is 17.8 Å². The number of nitrogens with zero attached hydrogens (tertiary/aromatic N) is 4. The number of aromatic hydroxyl groups is 1. The molecule has 0 bridgehead atoms. The maximum absolute atomic E-state index is 13.9. The van der Waals surface area contributed by atoms with E-state index in [0.29, 0.717) is 18.8 Å². The van der Waals surface area contributed by atoms with Gasteiger partial charge in [0, 0.05) is 26.6 Å². The maximum atomic E-state index is 13.9. The quantitative estimate of drug-likeness (QED) is 0.475. The highest BCUT2D eigenvalue weighted by Crippen LogP contribution is 2.29. The van der Waals surface area contributed by atoms with Crippen molar-refractivity contribution in [2.45, 2.75) is 31.7 Å². The van der Waals surface area contributed by atoms with E-state index in [0.717, 1.165) is 16.7 Å². The smallest absolute Gasteiger partial charge is 0.334 e. The van der Waals surface area contributed by atoms with Gasteiger partial charge in [-0.2, -0.15) is 0 Å². The Morgan fingerprint density at radius 2 is 1.62 bits per heavy atom. The molecule has 2 N–H and O–H groups in total. The molecule has 40 heavy (non-hydrogen) atoms. The zero-order valence-electron chi connectivity index (χ0n) is 22.6. The third-order valence-corrected chi connectivity index (χ3v) is 7.33. The third-order valence-electron chi connectivity index (χ3n) is 7.33. The predicted octanol–water partition coefficient (Wildman–Crippen LogP) is 2.58. The molecule has 0 saturated carbocycles. The fraction of sp³-hybridized carbons (Fsp3) is 0.300. The molecule has 5 rings (SSSR count). The van der Waals surface area contributed by atoms with E-state index in [2.05, 4.69) is 5.32 Å². The summed E-state index contributed by atoms with van der Waals surface area (Å²) in [5, 5.41) is 15.9. The molecular formula is C30H33N5O5. The minimum absolute atomic E-state index is 0.0346. The van der Waals surface area contributed by atoms with Crippen LogP contribution in [0.4, 0.5) is 4.79 Å². The molecule has 0 radical (unpaired) electrons. The van der Waals surface area contributed by atoms with Crippen molar-refractivity contribution in [3.8, 4) is 11.5 Å². The first-order valence-corrected chi connectivity index (χ1v) is 13.2. The molecule has 4 amide bonds. The van der Waals surface area contributed by atoms with Crippen LogP contribution in [0.5, 0.6) is 11.5 Å². The first kappa shape index (κ1) is 27.0. The summed E-state index contributed by atoms with van der Waals surface area (Å²) < 4.78 is 5.26. The molecule has 0 aromatic heterocycles. The number of benzene rings is 3. The highest BCUT2D eigenvalue weighted by Gasteiger charge is 2.50. The van der Waals surface area contributed by atoms with Crippen molar-refractivity contribution in [2.75, 3.05) is 27.2 Å². The van der Waals surface area contributed by atoms with Gasteiger partial charge in [0.1, 0.15) is 23.7 Å². The van der Waals surface area contributed by atoms with Gasteiger partial charge in [-0.3, -0.25) is 9.59 Å². The molecule has 2 atom stereocenters. The van der Waals surface area contributed by atoms with Crippen LogP contribution in [0, 0.1) is 0 Å². The minimum Gasteiger partial charge on any atom is -0.508 e. The second-order valence-corrected chi connectivity index (χ2v) is 10.0. The van der Waals surface area contributed by atoms with Crippen molar-refractivity contribution < 1.29 is 24.2 Å². The standard InChI is InChI=1S/C30H33N5O5/c1-32-20-28(37)34-26(16-21-8-12-24(36)13-9-21)29(38)33(18-23-10-14-25(40-2)15-11-23)19-27(34)35(32)30(39)31-17-22-6-4-3-5-7-22/h3-15,26-27,36H,16-20H2,1-2H3,(H,31,39)/t26-,27?/m0/s1. The van der Waals surface area contributed by atoms with Gasteiger partial charge >= 0.3 is 6.03 Å². The molecule has 2 fully saturated rings. The van der Waals surface area contributed by atoms with Gasteiger partial charge in [0.25, 0.3) is 0 Å². The Labute approximate surface area is 233 Å². The topological polar surface area (TPSA) is 106 Å². The molecule has 10 heteroatoms. The number of hydrazine groups is 1. The van der Waals surface area contributed by atoms with Crippen molar-refractivity contribution in [3.05, 3.63) is 95.6 Å². The molecule has 3 aromatic rings. The normalized spacial score (nSPS) is 19.4. The van der Waals surface area contributed by atoms with Crippen molar-refractivity contribution in [1.29, 1.82) is 0 Å². The number of hydrogen-bond donors (Lipinski definition) is 2. The molecule has 0 spiro atoms. The minimum atomic E-state index is -0.813. The summed E-state index contributed by atoms with van der Waals surface area (Å²) in [4.78, 5) is 44.2. The number of phenols is 1. The summed E-state index contributed by atoms with van der Waals surface area (Å²) in [7, 11) is 3.30. The highest BCUT2D eigenvalue weighted by atomic mass is 16.5. The number of methoxy groups -OCH3 is 1. The lowest BCUT2D eigenvalue weighted by molar-refractivity contribution is -0.187. The van der Waals surface area contributed by atoms with E-state index in [9.17, 15) is 19.5 Å². The van der Waals surface area contributed by atoms with Gasteiger partial charge in [0.2, 0.25) is 11.8 Å². The Hall–Kier alpha value is -4.57. The number of piperazine rings is 1. The van der Waals surface area contributed by atoms with Gasteiger partial charge in [0.05, 0.1) is 20.2 Å². The molecule has 10 nitrogen and oxygen atoms in total. The SMILES string of the molecule is COc1ccc(CN2CC3N(C(=O)CN(C)N3C(=O)NCc3ccccc3)[C@@H](Cc3ccc(O)cc3)C2=O)cc1. The Morgan fingerprint density at radius 1 is 0.950 bits per heavy atom. The Kier molecular flexibility index (Phi) is 7.88. The van der Waals surface area contributed by atoms with E-state index in [4.69, 9.17) is 4.74 Å². The number of phenolic OH excluding ortho intramolecular Hbond substituents is 1. The summed E-state index contributed by atoms with van der Waals surface area (Å²) in [6.45, 7) is 0.769. The molecule has 2 heterocycles. The monoisotopic (exact) mass is 543 g/mol. The van der Waals surface area contributed by atoms with Crippen LogP contribution in [0.15, 0.2) is 78.9 Å². The van der Waals surface area contributed by atoms with E-state index < -0.39 is 12.2 Å². The first-order valence-electron chi connectivity index (χ1n) is 13.2. The number of ether oxygens (including phenoxy) is 1. The zero-order chi connectivity index (χ0) is 28.2. The van der Waals surface area contributed by atoms with Crippen molar-refractivity contribution in [2.24, 2.45) is 0 Å². The second kappa shape index (κ2) is 11.7. The van der Waals surface area contributed by atoms with Gasteiger partial charge in [0.15, 0.2) is 0 Å². The van der Waals surface area contributed by atoms with Gasteiger partial charge in [-0.05, 0) is 41.0 Å². The van der Waals surface area contributed by atoms with Crippen LogP contribution in [0.25, 0.3) is 0 Å². The summed E-state index contributed by atoms with van der Waals surface area (Å²) in [5.41, 5.74) is 2.66. The molecule has 0 aliphatic carbocycles. The average Bonchev–Trinajstić information content (AvgIpc) is 2.96. The summed E-state index contributed by atoms with van der Waals surface area (Å²) >= 11 is 0. The fourth-order valence-electron chi connectivity index (χ4n) is 5.31. The van der Waals surface area contributed by atoms with Crippen LogP contribution in [0.3, 0.4) is 0 Å². The number of rotatable bonds is 7. The highest BCUT2D eigenvalue weighted by molar-refractivity contribution is 5.91. The Balaban J connectivity index is 1.45. The van der Waals surface area contributed by atoms with Crippen LogP contribution >= 0.6 is 0 Å². The van der Waals surface area contributed by atoms with Crippen LogP contribution in [0.2, 0.25) is 0 Å². The molecule has 3 aromatic carbocycles. The second-order valence-electron chi connectivity index (χ2n) is 10.0. The lowest BCUT2D eigenvalue weighted by Crippen LogP contribution is -2.76. The van der Waals surface area contributed by atoms with Gasteiger partial charge in [-0.15, -0.1) is 0 Å². The number of urea groups is 1. The van der Waals surface area contributed by atoms with Crippen LogP contribution < -0.4 is 10.1 Å². The van der Waals surface area contributed by atoms with Crippen molar-refractivity contribution in [1.82, 2.24) is 25.1 Å². The van der Waals surface area contributed by atoms with Crippen LogP contribution in [-0.2, 0) is 29.1 Å².